The van der Waals surface area contributed by atoms with E-state index in [1.807, 2.05) is 13.8 Å². The predicted octanol–water partition coefficient (Wildman–Crippen LogP) is 1.80. The summed E-state index contributed by atoms with van der Waals surface area (Å²) in [6.45, 7) is 4.78. The molecule has 0 amide bonds. The van der Waals surface area contributed by atoms with Gasteiger partial charge in [0.25, 0.3) is 0 Å². The second-order valence-corrected chi connectivity index (χ2v) is 8.42. The molecule has 1 aliphatic heterocycles. The van der Waals surface area contributed by atoms with Crippen molar-refractivity contribution in [3.8, 4) is 5.75 Å². The zero-order valence-electron chi connectivity index (χ0n) is 14.8. The topological polar surface area (TPSA) is 76.1 Å². The average molecular weight is 357 g/mol. The fourth-order valence-electron chi connectivity index (χ4n) is 3.13. The van der Waals surface area contributed by atoms with E-state index in [-0.39, 0.29) is 23.9 Å². The smallest absolute Gasteiger partial charge is 0.246 e. The molecule has 0 bridgehead atoms. The maximum absolute atomic E-state index is 13.0. The Morgan fingerprint density at radius 1 is 1.38 bits per heavy atom. The van der Waals surface area contributed by atoms with Crippen LogP contribution in [0.2, 0.25) is 0 Å². The number of sulfonamides is 1. The third-order valence-corrected chi connectivity index (χ3v) is 6.77. The van der Waals surface area contributed by atoms with Crippen molar-refractivity contribution in [1.29, 1.82) is 0 Å². The first-order valence-corrected chi connectivity index (χ1v) is 9.54. The third kappa shape index (κ3) is 3.74. The van der Waals surface area contributed by atoms with Gasteiger partial charge in [-0.15, -0.1) is 0 Å². The van der Waals surface area contributed by atoms with Crippen LogP contribution in [0.3, 0.4) is 0 Å². The summed E-state index contributed by atoms with van der Waals surface area (Å²) >= 11 is 0. The number of aliphatic hydroxyl groups is 1. The van der Waals surface area contributed by atoms with Crippen LogP contribution in [0.25, 0.3) is 0 Å². The summed E-state index contributed by atoms with van der Waals surface area (Å²) in [6, 6.07) is 5.06. The number of hydrogen-bond donors (Lipinski definition) is 1. The van der Waals surface area contributed by atoms with Crippen molar-refractivity contribution in [3.05, 3.63) is 23.8 Å². The van der Waals surface area contributed by atoms with Gasteiger partial charge in [-0.25, -0.2) is 8.42 Å². The predicted molar refractivity (Wildman–Crippen MR) is 91.7 cm³/mol. The second-order valence-electron chi connectivity index (χ2n) is 6.51. The van der Waals surface area contributed by atoms with E-state index >= 15 is 0 Å². The van der Waals surface area contributed by atoms with Crippen LogP contribution in [0.5, 0.6) is 5.75 Å². The highest BCUT2D eigenvalue weighted by molar-refractivity contribution is 7.89. The van der Waals surface area contributed by atoms with Crippen LogP contribution in [0.1, 0.15) is 25.3 Å². The van der Waals surface area contributed by atoms with E-state index in [9.17, 15) is 13.5 Å². The van der Waals surface area contributed by atoms with Crippen molar-refractivity contribution in [2.45, 2.75) is 37.2 Å². The van der Waals surface area contributed by atoms with Gasteiger partial charge in [-0.05, 0) is 43.4 Å². The summed E-state index contributed by atoms with van der Waals surface area (Å²) in [4.78, 5) is 0.171. The molecule has 24 heavy (non-hydrogen) atoms. The lowest BCUT2D eigenvalue weighted by atomic mass is 9.81. The average Bonchev–Trinajstić information content (AvgIpc) is 2.55. The van der Waals surface area contributed by atoms with Crippen LogP contribution in [0.15, 0.2) is 23.1 Å². The zero-order valence-corrected chi connectivity index (χ0v) is 15.6. The van der Waals surface area contributed by atoms with E-state index in [1.54, 1.807) is 25.3 Å². The molecular weight excluding hydrogens is 330 g/mol. The van der Waals surface area contributed by atoms with Gasteiger partial charge in [0.05, 0.1) is 12.7 Å². The minimum atomic E-state index is -3.66. The standard InChI is InChI=1S/C17H27NO5S/c1-13-5-6-16(15(11-13)23-4)24(20,21)18-9-7-17(19,8-10-22-3)14(2)12-18/h5-6,11,14,19H,7-10,12H2,1-4H3/t14-,17-/m1/s1. The Kier molecular flexibility index (Phi) is 5.91. The van der Waals surface area contributed by atoms with E-state index < -0.39 is 15.6 Å². The number of benzene rings is 1. The molecule has 7 heteroatoms. The summed E-state index contributed by atoms with van der Waals surface area (Å²) in [7, 11) is -0.596. The third-order valence-electron chi connectivity index (χ3n) is 4.86. The Morgan fingerprint density at radius 2 is 2.08 bits per heavy atom. The van der Waals surface area contributed by atoms with Crippen LogP contribution in [-0.2, 0) is 14.8 Å². The molecule has 1 aromatic carbocycles. The number of nitrogens with zero attached hydrogens (tertiary/aromatic N) is 1. The van der Waals surface area contributed by atoms with Gasteiger partial charge in [-0.1, -0.05) is 13.0 Å². The van der Waals surface area contributed by atoms with Gasteiger partial charge in [-0.3, -0.25) is 0 Å². The molecule has 1 N–H and O–H groups in total. The zero-order chi connectivity index (χ0) is 18.0. The quantitative estimate of drug-likeness (QED) is 0.840. The van der Waals surface area contributed by atoms with Gasteiger partial charge in [0.1, 0.15) is 10.6 Å². The van der Waals surface area contributed by atoms with E-state index in [1.165, 1.54) is 11.4 Å². The summed E-state index contributed by atoms with van der Waals surface area (Å²) < 4.78 is 37.7. The van der Waals surface area contributed by atoms with E-state index in [4.69, 9.17) is 9.47 Å². The van der Waals surface area contributed by atoms with Gasteiger partial charge in [0.15, 0.2) is 0 Å². The summed E-state index contributed by atoms with van der Waals surface area (Å²) in [5, 5.41) is 10.7. The minimum absolute atomic E-state index is 0.171. The molecule has 0 aromatic heterocycles. The number of aryl methyl sites for hydroxylation is 1. The van der Waals surface area contributed by atoms with Crippen molar-refractivity contribution < 1.29 is 23.0 Å². The molecule has 6 nitrogen and oxygen atoms in total. The number of methoxy groups -OCH3 is 2. The highest BCUT2D eigenvalue weighted by Gasteiger charge is 2.42. The van der Waals surface area contributed by atoms with Crippen LogP contribution >= 0.6 is 0 Å². The molecule has 0 aliphatic carbocycles. The van der Waals surface area contributed by atoms with Crippen molar-refractivity contribution in [1.82, 2.24) is 4.31 Å². The lowest BCUT2D eigenvalue weighted by molar-refractivity contribution is -0.0679. The molecular formula is C17H27NO5S. The summed E-state index contributed by atoms with van der Waals surface area (Å²) in [6.07, 6.45) is 0.900. The molecule has 1 saturated heterocycles. The molecule has 0 unspecified atom stereocenters. The van der Waals surface area contributed by atoms with Crippen molar-refractivity contribution in [3.63, 3.8) is 0 Å². The van der Waals surface area contributed by atoms with Crippen molar-refractivity contribution in [2.24, 2.45) is 5.92 Å². The highest BCUT2D eigenvalue weighted by Crippen LogP contribution is 2.35. The Labute approximate surface area is 144 Å². The van der Waals surface area contributed by atoms with Crippen LogP contribution < -0.4 is 4.74 Å². The minimum Gasteiger partial charge on any atom is -0.495 e. The molecule has 2 atom stereocenters. The number of piperidine rings is 1. The Hall–Kier alpha value is -1.15. The van der Waals surface area contributed by atoms with Gasteiger partial charge >= 0.3 is 0 Å². The molecule has 1 heterocycles. The first-order valence-electron chi connectivity index (χ1n) is 8.10. The number of rotatable bonds is 6. The van der Waals surface area contributed by atoms with Crippen molar-refractivity contribution in [2.75, 3.05) is 33.9 Å². The molecule has 1 fully saturated rings. The number of ether oxygens (including phenoxy) is 2. The van der Waals surface area contributed by atoms with Gasteiger partial charge < -0.3 is 14.6 Å². The van der Waals surface area contributed by atoms with E-state index in [2.05, 4.69) is 0 Å². The van der Waals surface area contributed by atoms with Crippen LogP contribution in [0, 0.1) is 12.8 Å². The lowest BCUT2D eigenvalue weighted by Crippen LogP contribution is -2.52. The molecule has 136 valence electrons. The lowest BCUT2D eigenvalue weighted by Gasteiger charge is -2.42. The summed E-state index contributed by atoms with van der Waals surface area (Å²) in [5.74, 6) is 0.176. The Morgan fingerprint density at radius 3 is 2.67 bits per heavy atom. The fraction of sp³-hybridized carbons (Fsp3) is 0.647. The Bertz CT molecular complexity index is 676. The first-order chi connectivity index (χ1) is 11.2. The SMILES string of the molecule is COCC[C@]1(O)CCN(S(=O)(=O)c2ccc(C)cc2OC)C[C@H]1C. The van der Waals surface area contributed by atoms with E-state index in [0.717, 1.165) is 5.56 Å². The molecule has 0 saturated carbocycles. The van der Waals surface area contributed by atoms with Crippen LogP contribution in [0.4, 0.5) is 0 Å². The molecule has 2 rings (SSSR count). The van der Waals surface area contributed by atoms with Gasteiger partial charge in [-0.2, -0.15) is 4.31 Å². The van der Waals surface area contributed by atoms with E-state index in [0.29, 0.717) is 25.2 Å². The fourth-order valence-corrected chi connectivity index (χ4v) is 4.79. The van der Waals surface area contributed by atoms with Gasteiger partial charge in [0.2, 0.25) is 10.0 Å². The molecule has 1 aromatic rings. The maximum atomic E-state index is 13.0. The summed E-state index contributed by atoms with van der Waals surface area (Å²) in [5.41, 5.74) is 0.0473. The molecule has 0 radical (unpaired) electrons. The van der Waals surface area contributed by atoms with Crippen molar-refractivity contribution >= 4 is 10.0 Å². The maximum Gasteiger partial charge on any atom is 0.246 e. The van der Waals surface area contributed by atoms with Gasteiger partial charge in [0, 0.05) is 26.8 Å². The second kappa shape index (κ2) is 7.39. The largest absolute Gasteiger partial charge is 0.495 e. The normalized spacial score (nSPS) is 25.6. The monoisotopic (exact) mass is 357 g/mol. The number of hydrogen-bond acceptors (Lipinski definition) is 5. The molecule has 0 spiro atoms. The van der Waals surface area contributed by atoms with Crippen LogP contribution in [-0.4, -0.2) is 57.3 Å². The molecule has 1 aliphatic rings. The first kappa shape index (κ1) is 19.2. The Balaban J connectivity index is 2.24. The highest BCUT2D eigenvalue weighted by atomic mass is 32.2.